The number of nitrogens with one attached hydrogen (secondary N) is 1. The molecule has 0 aliphatic rings. The minimum atomic E-state index is -0.491. The van der Waals surface area contributed by atoms with E-state index in [1.807, 2.05) is 0 Å². The van der Waals surface area contributed by atoms with E-state index in [0.29, 0.717) is 10.8 Å². The molecule has 4 rings (SSSR count). The molecule has 0 radical (unpaired) electrons. The van der Waals surface area contributed by atoms with Crippen LogP contribution in [-0.2, 0) is 17.4 Å². The Morgan fingerprint density at radius 3 is 1.39 bits per heavy atom. The molecule has 0 heterocycles. The van der Waals surface area contributed by atoms with Crippen molar-refractivity contribution in [2.45, 2.75) is 4.25 Å². The van der Waals surface area contributed by atoms with E-state index in [0.717, 1.165) is 6.54 Å². The zero-order valence-electron chi connectivity index (χ0n) is 18.6. The van der Waals surface area contributed by atoms with Crippen LogP contribution in [0.25, 0.3) is 0 Å². The Kier molecular flexibility index (Phi) is 9.80. The van der Waals surface area contributed by atoms with Crippen molar-refractivity contribution in [3.05, 3.63) is 121 Å². The number of hydrogen-bond acceptors (Lipinski definition) is 2. The first-order chi connectivity index (χ1) is 16.4. The quantitative estimate of drug-likeness (QED) is 0.166. The fourth-order valence-corrected chi connectivity index (χ4v) is 14.0. The van der Waals surface area contributed by atoms with Gasteiger partial charge in [0.05, 0.1) is 0 Å². The molecule has 0 saturated heterocycles. The van der Waals surface area contributed by atoms with Crippen molar-refractivity contribution >= 4 is 37.1 Å². The fraction of sp³-hybridized carbons (Fsp3) is 0.143. The average Bonchev–Trinajstić information content (AvgIpc) is 2.89. The topological polar surface area (TPSA) is 38.0 Å². The molecule has 0 aliphatic heterocycles. The molecule has 4 aromatic rings. The van der Waals surface area contributed by atoms with Gasteiger partial charge >= 0.3 is 209 Å². The second-order valence-corrected chi connectivity index (χ2v) is 15.3. The van der Waals surface area contributed by atoms with Crippen LogP contribution in [0, 0.1) is 0 Å². The van der Waals surface area contributed by atoms with Gasteiger partial charge in [-0.15, -0.1) is 0 Å². The van der Waals surface area contributed by atoms with Crippen LogP contribution in [0.2, 0.25) is 0 Å². The molecular formula is C28H30N2P2Ru. The molecule has 0 fully saturated rings. The summed E-state index contributed by atoms with van der Waals surface area (Å²) in [5.41, 5.74) is 5.86. The third-order valence-corrected chi connectivity index (χ3v) is 14.7. The molecule has 0 spiro atoms. The van der Waals surface area contributed by atoms with Gasteiger partial charge in [-0.1, -0.05) is 0 Å². The molecule has 33 heavy (non-hydrogen) atoms. The van der Waals surface area contributed by atoms with E-state index in [4.69, 9.17) is 5.73 Å². The molecule has 2 nitrogen and oxygen atoms in total. The summed E-state index contributed by atoms with van der Waals surface area (Å²) in [4.78, 5) is 0. The molecule has 4 aromatic carbocycles. The summed E-state index contributed by atoms with van der Waals surface area (Å²) in [6.45, 7) is 1.57. The van der Waals surface area contributed by atoms with Crippen LogP contribution in [0.1, 0.15) is 0 Å². The summed E-state index contributed by atoms with van der Waals surface area (Å²) in [6.07, 6.45) is 1.18. The Hall–Kier alpha value is -1.72. The Balaban J connectivity index is 1.75. The van der Waals surface area contributed by atoms with Crippen LogP contribution in [0.5, 0.6) is 0 Å². The second-order valence-electron chi connectivity index (χ2n) is 7.51. The third-order valence-electron chi connectivity index (χ3n) is 5.23. The van der Waals surface area contributed by atoms with Gasteiger partial charge in [0, 0.05) is 0 Å². The van der Waals surface area contributed by atoms with Crippen molar-refractivity contribution in [3.8, 4) is 0 Å². The molecule has 0 saturated carbocycles. The Bertz CT molecular complexity index is 987. The summed E-state index contributed by atoms with van der Waals surface area (Å²) in [5, 5.41) is 5.84. The molecular weight excluding hydrogens is 527 g/mol. The number of benzene rings is 4. The predicted molar refractivity (Wildman–Crippen MR) is 144 cm³/mol. The van der Waals surface area contributed by atoms with E-state index in [2.05, 4.69) is 125 Å². The molecule has 0 aromatic heterocycles. The van der Waals surface area contributed by atoms with Gasteiger partial charge in [0.25, 0.3) is 0 Å². The standard InChI is InChI=1S/C26H23P2.C2H7N2.Ru/c1-5-13-23(14-6-1)27(24-15-7-2-8-16-24)21-22-28(25-17-9-3-10-18-25)26-19-11-4-12-20-26;3-1-2-4;/h1-21H,22H2;3H,1-2,4H2;/q;-1;+1. The summed E-state index contributed by atoms with van der Waals surface area (Å²) >= 11 is -0.0226. The summed E-state index contributed by atoms with van der Waals surface area (Å²) in [7, 11) is -0.948. The van der Waals surface area contributed by atoms with Gasteiger partial charge < -0.3 is 0 Å². The molecule has 1 unspecified atom stereocenters. The van der Waals surface area contributed by atoms with Crippen LogP contribution < -0.4 is 31.0 Å². The summed E-state index contributed by atoms with van der Waals surface area (Å²) in [6, 6.07) is 44.5. The van der Waals surface area contributed by atoms with E-state index in [1.54, 1.807) is 0 Å². The van der Waals surface area contributed by atoms with Gasteiger partial charge in [0.1, 0.15) is 0 Å². The van der Waals surface area contributed by atoms with Crippen molar-refractivity contribution in [1.82, 2.24) is 4.06 Å². The normalized spacial score (nSPS) is 12.3. The van der Waals surface area contributed by atoms with Crippen molar-refractivity contribution in [1.29, 1.82) is 0 Å². The fourth-order valence-electron chi connectivity index (χ4n) is 3.71. The maximum atomic E-state index is 5.86. The van der Waals surface area contributed by atoms with Crippen LogP contribution >= 0.6 is 15.8 Å². The summed E-state index contributed by atoms with van der Waals surface area (Å²) in [5.74, 6) is 0. The van der Waals surface area contributed by atoms with Crippen molar-refractivity contribution in [2.24, 2.45) is 5.73 Å². The van der Waals surface area contributed by atoms with E-state index >= 15 is 0 Å². The van der Waals surface area contributed by atoms with Gasteiger partial charge in [-0.25, -0.2) is 0 Å². The Morgan fingerprint density at radius 2 is 1.00 bits per heavy atom. The van der Waals surface area contributed by atoms with Crippen LogP contribution in [0.15, 0.2) is 121 Å². The first-order valence-corrected chi connectivity index (χ1v) is 16.0. The van der Waals surface area contributed by atoms with E-state index in [1.165, 1.54) is 27.4 Å². The third kappa shape index (κ3) is 6.89. The average molecular weight is 558 g/mol. The van der Waals surface area contributed by atoms with Gasteiger partial charge in [0.2, 0.25) is 0 Å². The first-order valence-electron chi connectivity index (χ1n) is 11.2. The first kappa shape index (κ1) is 24.4. The summed E-state index contributed by atoms with van der Waals surface area (Å²) < 4.78 is 4.33. The number of hydrogen-bond donors (Lipinski definition) is 2. The van der Waals surface area contributed by atoms with Crippen LogP contribution in [0.4, 0.5) is 0 Å². The zero-order valence-corrected chi connectivity index (χ0v) is 22.1. The molecule has 0 bridgehead atoms. The zero-order chi connectivity index (χ0) is 22.7. The molecule has 0 amide bonds. The maximum absolute atomic E-state index is 5.86. The van der Waals surface area contributed by atoms with Crippen LogP contribution in [0.3, 0.4) is 0 Å². The van der Waals surface area contributed by atoms with E-state index in [-0.39, 0.29) is 17.4 Å². The molecule has 1 atom stereocenters. The number of rotatable bonds is 11. The molecule has 0 aliphatic carbocycles. The Labute approximate surface area is 208 Å². The van der Waals surface area contributed by atoms with Gasteiger partial charge in [-0.05, 0) is 0 Å². The van der Waals surface area contributed by atoms with Crippen molar-refractivity contribution in [2.75, 3.05) is 19.3 Å². The second kappa shape index (κ2) is 13.2. The van der Waals surface area contributed by atoms with Crippen LogP contribution in [-0.4, -0.2) is 23.5 Å². The van der Waals surface area contributed by atoms with Crippen molar-refractivity contribution in [3.63, 3.8) is 0 Å². The van der Waals surface area contributed by atoms with E-state index in [9.17, 15) is 0 Å². The minimum absolute atomic E-state index is 0.0226. The Morgan fingerprint density at radius 1 is 0.606 bits per heavy atom. The van der Waals surface area contributed by atoms with Crippen molar-refractivity contribution < 1.29 is 17.4 Å². The van der Waals surface area contributed by atoms with Gasteiger partial charge in [-0.3, -0.25) is 0 Å². The molecule has 5 heteroatoms. The molecule has 170 valence electrons. The molecule has 3 N–H and O–H groups in total. The predicted octanol–water partition coefficient (Wildman–Crippen LogP) is 4.12. The SMILES string of the molecule is NCC[NH][Ru][CH](CP(c1ccccc1)c1ccccc1)P(c1ccccc1)c1ccccc1. The monoisotopic (exact) mass is 558 g/mol. The van der Waals surface area contributed by atoms with Gasteiger partial charge in [-0.2, -0.15) is 0 Å². The number of nitrogens with two attached hydrogens (primary N) is 1. The van der Waals surface area contributed by atoms with E-state index < -0.39 is 15.8 Å². The van der Waals surface area contributed by atoms with Gasteiger partial charge in [0.15, 0.2) is 0 Å².